The average molecular weight is 341 g/mol. The van der Waals surface area contributed by atoms with E-state index in [1.807, 2.05) is 13.0 Å². The molecule has 4 aliphatic carbocycles. The number of ketones is 1. The number of fused-ring (bicyclic) bond motifs is 5. The van der Waals surface area contributed by atoms with E-state index in [0.717, 1.165) is 25.7 Å². The van der Waals surface area contributed by atoms with Crippen LogP contribution in [0.25, 0.3) is 0 Å². The fourth-order valence-electron chi connectivity index (χ4n) is 7.41. The fraction of sp³-hybridized carbons (Fsp3) is 0.783. The maximum atomic E-state index is 12.0. The lowest BCUT2D eigenvalue weighted by Gasteiger charge is -2.60. The van der Waals surface area contributed by atoms with E-state index in [4.69, 9.17) is 0 Å². The SMILES string of the molecule is CC#C[C@]1(O)CC[C@H]2[C@@H]3C[C@H](C)C4=CC(=O)CC[C@]4(C)[C@@H]3CC[C@@]21C. The van der Waals surface area contributed by atoms with Crippen LogP contribution in [0.5, 0.6) is 0 Å². The summed E-state index contributed by atoms with van der Waals surface area (Å²) < 4.78 is 0. The summed E-state index contributed by atoms with van der Waals surface area (Å²) in [5, 5.41) is 11.3. The molecule has 0 unspecified atom stereocenters. The van der Waals surface area contributed by atoms with Gasteiger partial charge in [-0.05, 0) is 80.6 Å². The van der Waals surface area contributed by atoms with Gasteiger partial charge in [0.1, 0.15) is 5.60 Å². The third kappa shape index (κ3) is 2.18. The van der Waals surface area contributed by atoms with Gasteiger partial charge in [-0.15, -0.1) is 5.92 Å². The van der Waals surface area contributed by atoms with Crippen molar-refractivity contribution in [1.82, 2.24) is 0 Å². The Morgan fingerprint density at radius 2 is 1.88 bits per heavy atom. The van der Waals surface area contributed by atoms with Crippen molar-refractivity contribution in [3.05, 3.63) is 11.6 Å². The van der Waals surface area contributed by atoms with Crippen LogP contribution < -0.4 is 0 Å². The van der Waals surface area contributed by atoms with E-state index in [1.165, 1.54) is 18.4 Å². The second kappa shape index (κ2) is 5.46. The van der Waals surface area contributed by atoms with Crippen molar-refractivity contribution in [1.29, 1.82) is 0 Å². The molecule has 4 aliphatic rings. The highest BCUT2D eigenvalue weighted by atomic mass is 16.3. The van der Waals surface area contributed by atoms with Crippen LogP contribution >= 0.6 is 0 Å². The molecule has 7 atom stereocenters. The highest BCUT2D eigenvalue weighted by molar-refractivity contribution is 5.91. The highest BCUT2D eigenvalue weighted by Crippen LogP contribution is 2.68. The minimum atomic E-state index is -0.805. The van der Waals surface area contributed by atoms with E-state index >= 15 is 0 Å². The molecule has 0 aromatic carbocycles. The molecule has 0 radical (unpaired) electrons. The molecule has 136 valence electrons. The third-order valence-electron chi connectivity index (χ3n) is 8.76. The Morgan fingerprint density at radius 3 is 2.60 bits per heavy atom. The largest absolute Gasteiger partial charge is 0.377 e. The first kappa shape index (κ1) is 17.3. The molecule has 0 saturated heterocycles. The number of allylic oxidation sites excluding steroid dienone is 1. The van der Waals surface area contributed by atoms with E-state index < -0.39 is 5.60 Å². The monoisotopic (exact) mass is 340 g/mol. The number of hydrogen-bond donors (Lipinski definition) is 1. The normalized spacial score (nSPS) is 51.6. The molecule has 0 heterocycles. The van der Waals surface area contributed by atoms with Gasteiger partial charge >= 0.3 is 0 Å². The Bertz CT molecular complexity index is 695. The Hall–Kier alpha value is -1.07. The van der Waals surface area contributed by atoms with E-state index in [2.05, 4.69) is 32.6 Å². The summed E-state index contributed by atoms with van der Waals surface area (Å²) in [4.78, 5) is 12.0. The van der Waals surface area contributed by atoms with Gasteiger partial charge in [0, 0.05) is 11.8 Å². The maximum absolute atomic E-state index is 12.0. The molecule has 0 amide bonds. The molecule has 3 saturated carbocycles. The van der Waals surface area contributed by atoms with Crippen molar-refractivity contribution >= 4 is 5.78 Å². The Labute approximate surface area is 152 Å². The second-order valence-electron chi connectivity index (χ2n) is 9.73. The lowest BCUT2D eigenvalue weighted by atomic mass is 9.45. The summed E-state index contributed by atoms with van der Waals surface area (Å²) in [6.45, 7) is 8.89. The molecular weight excluding hydrogens is 308 g/mol. The number of aliphatic hydroxyl groups is 1. The van der Waals surface area contributed by atoms with Crippen molar-refractivity contribution in [3.8, 4) is 11.8 Å². The van der Waals surface area contributed by atoms with Gasteiger partial charge in [-0.2, -0.15) is 0 Å². The van der Waals surface area contributed by atoms with Crippen molar-refractivity contribution in [2.24, 2.45) is 34.5 Å². The first-order valence-electron chi connectivity index (χ1n) is 10.2. The average Bonchev–Trinajstić information content (AvgIpc) is 2.82. The number of carbonyl (C=O) groups excluding carboxylic acids is 1. The van der Waals surface area contributed by atoms with Crippen LogP contribution in [0.15, 0.2) is 11.6 Å². The number of hydrogen-bond acceptors (Lipinski definition) is 2. The standard InChI is InChI=1S/C23H32O2/c1-5-9-23(25)12-8-19-17-13-15(2)20-14-16(24)6-10-21(20,3)18(17)7-11-22(19,23)4/h14-15,17-19,25H,6-8,10-13H2,1-4H3/t15-,17+,18+,19-,21+,22-,23-/m0/s1. The Balaban J connectivity index is 1.73. The van der Waals surface area contributed by atoms with Gasteiger partial charge in [0.05, 0.1) is 0 Å². The molecular formula is C23H32O2. The molecule has 0 spiro atoms. The quantitative estimate of drug-likeness (QED) is 0.658. The van der Waals surface area contributed by atoms with Gasteiger partial charge in [-0.25, -0.2) is 0 Å². The van der Waals surface area contributed by atoms with Gasteiger partial charge in [-0.3, -0.25) is 4.79 Å². The lowest BCUT2D eigenvalue weighted by molar-refractivity contribution is -0.121. The predicted molar refractivity (Wildman–Crippen MR) is 99.7 cm³/mol. The maximum Gasteiger partial charge on any atom is 0.155 e. The van der Waals surface area contributed by atoms with Crippen LogP contribution in [0.3, 0.4) is 0 Å². The van der Waals surface area contributed by atoms with Crippen LogP contribution in [0.4, 0.5) is 0 Å². The summed E-state index contributed by atoms with van der Waals surface area (Å²) in [7, 11) is 0. The Kier molecular flexibility index (Phi) is 3.79. The number of carbonyl (C=O) groups is 1. The van der Waals surface area contributed by atoms with Gasteiger partial charge in [0.2, 0.25) is 0 Å². The zero-order valence-electron chi connectivity index (χ0n) is 16.2. The van der Waals surface area contributed by atoms with Gasteiger partial charge in [0.15, 0.2) is 5.78 Å². The van der Waals surface area contributed by atoms with Crippen LogP contribution in [0, 0.1) is 46.3 Å². The minimum Gasteiger partial charge on any atom is -0.377 e. The predicted octanol–water partition coefficient (Wildman–Crippen LogP) is 4.52. The second-order valence-corrected chi connectivity index (χ2v) is 9.73. The van der Waals surface area contributed by atoms with Gasteiger partial charge < -0.3 is 5.11 Å². The van der Waals surface area contributed by atoms with Crippen molar-refractivity contribution in [2.45, 2.75) is 78.2 Å². The van der Waals surface area contributed by atoms with Crippen molar-refractivity contribution in [2.75, 3.05) is 0 Å². The molecule has 2 nitrogen and oxygen atoms in total. The molecule has 1 N–H and O–H groups in total. The zero-order valence-corrected chi connectivity index (χ0v) is 16.2. The third-order valence-corrected chi connectivity index (χ3v) is 8.76. The first-order chi connectivity index (χ1) is 11.7. The molecule has 2 heteroatoms. The van der Waals surface area contributed by atoms with E-state index in [9.17, 15) is 9.90 Å². The van der Waals surface area contributed by atoms with E-state index in [1.54, 1.807) is 0 Å². The first-order valence-corrected chi connectivity index (χ1v) is 10.2. The molecule has 0 aromatic heterocycles. The topological polar surface area (TPSA) is 37.3 Å². The van der Waals surface area contributed by atoms with E-state index in [-0.39, 0.29) is 10.8 Å². The van der Waals surface area contributed by atoms with Gasteiger partial charge in [0.25, 0.3) is 0 Å². The molecule has 0 aliphatic heterocycles. The van der Waals surface area contributed by atoms with Crippen molar-refractivity contribution in [3.63, 3.8) is 0 Å². The van der Waals surface area contributed by atoms with Crippen LogP contribution in [0.1, 0.15) is 72.6 Å². The van der Waals surface area contributed by atoms with E-state index in [0.29, 0.717) is 35.9 Å². The van der Waals surface area contributed by atoms with Gasteiger partial charge in [-0.1, -0.05) is 32.3 Å². The summed E-state index contributed by atoms with van der Waals surface area (Å²) in [5.41, 5.74) is 0.739. The summed E-state index contributed by atoms with van der Waals surface area (Å²) in [5.74, 6) is 8.90. The number of rotatable bonds is 0. The smallest absolute Gasteiger partial charge is 0.155 e. The van der Waals surface area contributed by atoms with Crippen LogP contribution in [-0.2, 0) is 4.79 Å². The van der Waals surface area contributed by atoms with Crippen LogP contribution in [-0.4, -0.2) is 16.5 Å². The summed E-state index contributed by atoms with van der Waals surface area (Å²) in [6.07, 6.45) is 9.05. The summed E-state index contributed by atoms with van der Waals surface area (Å²) >= 11 is 0. The molecule has 3 fully saturated rings. The summed E-state index contributed by atoms with van der Waals surface area (Å²) in [6, 6.07) is 0. The molecule has 25 heavy (non-hydrogen) atoms. The fourth-order valence-corrected chi connectivity index (χ4v) is 7.41. The molecule has 0 bridgehead atoms. The highest BCUT2D eigenvalue weighted by Gasteiger charge is 2.64. The zero-order chi connectivity index (χ0) is 18.0. The minimum absolute atomic E-state index is 0.0705. The van der Waals surface area contributed by atoms with Crippen LogP contribution in [0.2, 0.25) is 0 Å². The molecule has 0 aromatic rings. The molecule has 4 rings (SSSR count). The van der Waals surface area contributed by atoms with Crippen molar-refractivity contribution < 1.29 is 9.90 Å². The Morgan fingerprint density at radius 1 is 1.16 bits per heavy atom. The lowest BCUT2D eigenvalue weighted by Crippen LogP contribution is -2.55.